The summed E-state index contributed by atoms with van der Waals surface area (Å²) in [7, 11) is 0. The van der Waals surface area contributed by atoms with E-state index in [4.69, 9.17) is 4.98 Å². The van der Waals surface area contributed by atoms with Crippen LogP contribution in [0.25, 0.3) is 17.2 Å². The van der Waals surface area contributed by atoms with Crippen LogP contribution >= 0.6 is 0 Å². The first-order chi connectivity index (χ1) is 16.7. The van der Waals surface area contributed by atoms with Gasteiger partial charge in [-0.25, -0.2) is 23.7 Å². The zero-order chi connectivity index (χ0) is 24.5. The lowest BCUT2D eigenvalue weighted by molar-refractivity contribution is 0.242. The van der Waals surface area contributed by atoms with Gasteiger partial charge in [-0.05, 0) is 54.0 Å². The first-order valence-electron chi connectivity index (χ1n) is 11.8. The summed E-state index contributed by atoms with van der Waals surface area (Å²) in [6, 6.07) is 7.56. The third-order valence-electron chi connectivity index (χ3n) is 7.91. The maximum absolute atomic E-state index is 14.5. The van der Waals surface area contributed by atoms with Crippen molar-refractivity contribution in [3.05, 3.63) is 77.3 Å². The van der Waals surface area contributed by atoms with Gasteiger partial charge in [0.15, 0.2) is 5.82 Å². The molecule has 7 nitrogen and oxygen atoms in total. The second-order valence-electron chi connectivity index (χ2n) is 10.3. The van der Waals surface area contributed by atoms with E-state index in [0.717, 1.165) is 35.6 Å². The van der Waals surface area contributed by atoms with Crippen molar-refractivity contribution >= 4 is 0 Å². The summed E-state index contributed by atoms with van der Waals surface area (Å²) >= 11 is 0. The lowest BCUT2D eigenvalue weighted by Crippen LogP contribution is -2.38. The highest BCUT2D eigenvalue weighted by molar-refractivity contribution is 5.64. The Hall–Kier alpha value is -3.62. The predicted octanol–water partition coefficient (Wildman–Crippen LogP) is 5.12. The molecule has 6 rings (SSSR count). The van der Waals surface area contributed by atoms with Gasteiger partial charge < -0.3 is 0 Å². The fourth-order valence-electron chi connectivity index (χ4n) is 6.09. The van der Waals surface area contributed by atoms with Crippen LogP contribution in [0.5, 0.6) is 0 Å². The van der Waals surface area contributed by atoms with Gasteiger partial charge in [0.25, 0.3) is 5.95 Å². The summed E-state index contributed by atoms with van der Waals surface area (Å²) in [5.41, 5.74) is 1.99. The highest BCUT2D eigenvalue weighted by Crippen LogP contribution is 2.69. The third-order valence-corrected chi connectivity index (χ3v) is 7.91. The second-order valence-corrected chi connectivity index (χ2v) is 10.3. The topological polar surface area (TPSA) is 82.3 Å². The summed E-state index contributed by atoms with van der Waals surface area (Å²) in [4.78, 5) is 13.7. The molecular formula is C26H25F2N7. The summed E-state index contributed by atoms with van der Waals surface area (Å²) in [5, 5.41) is 13.4. The Morgan fingerprint density at radius 3 is 2.54 bits per heavy atom. The molecule has 2 bridgehead atoms. The SMILES string of the molecule is CC(C)c1ncn(-c2nccc([C@@]34CC[C@@H](c5cc(-c6c(F)cccc6F)nnc53)C4(C)C)n2)n1. The molecule has 9 heteroatoms. The summed E-state index contributed by atoms with van der Waals surface area (Å²) in [5.74, 6) is 0.234. The Bertz CT molecular complexity index is 1440. The van der Waals surface area contributed by atoms with E-state index in [1.807, 2.05) is 26.0 Å². The minimum atomic E-state index is -0.648. The third kappa shape index (κ3) is 2.93. The zero-order valence-electron chi connectivity index (χ0n) is 20.0. The molecule has 1 aromatic carbocycles. The van der Waals surface area contributed by atoms with Crippen LogP contribution in [0.1, 0.15) is 75.1 Å². The van der Waals surface area contributed by atoms with Gasteiger partial charge in [-0.2, -0.15) is 9.78 Å². The lowest BCUT2D eigenvalue weighted by atomic mass is 9.66. The molecular weight excluding hydrogens is 448 g/mol. The van der Waals surface area contributed by atoms with Crippen LogP contribution in [0.3, 0.4) is 0 Å². The van der Waals surface area contributed by atoms with Crippen LogP contribution in [0.4, 0.5) is 8.78 Å². The van der Waals surface area contributed by atoms with Crippen LogP contribution in [0.2, 0.25) is 0 Å². The van der Waals surface area contributed by atoms with Crippen molar-refractivity contribution in [2.24, 2.45) is 5.41 Å². The average molecular weight is 474 g/mol. The molecule has 1 saturated carbocycles. The average Bonchev–Trinajstić information content (AvgIpc) is 3.48. The molecule has 0 unspecified atom stereocenters. The first-order valence-corrected chi connectivity index (χ1v) is 11.8. The van der Waals surface area contributed by atoms with Crippen LogP contribution in [0, 0.1) is 17.0 Å². The van der Waals surface area contributed by atoms with Gasteiger partial charge in [-0.1, -0.05) is 33.8 Å². The molecule has 4 aromatic rings. The number of nitrogens with zero attached hydrogens (tertiary/aromatic N) is 7. The Labute approximate surface area is 201 Å². The monoisotopic (exact) mass is 473 g/mol. The van der Waals surface area contributed by atoms with Crippen molar-refractivity contribution in [1.29, 1.82) is 0 Å². The Balaban J connectivity index is 1.49. The smallest absolute Gasteiger partial charge is 0.220 e. The molecule has 0 amide bonds. The van der Waals surface area contributed by atoms with Crippen molar-refractivity contribution in [2.75, 3.05) is 0 Å². The van der Waals surface area contributed by atoms with E-state index in [1.165, 1.54) is 18.2 Å². The number of aromatic nitrogens is 7. The van der Waals surface area contributed by atoms with Gasteiger partial charge in [0, 0.05) is 12.1 Å². The zero-order valence-corrected chi connectivity index (χ0v) is 20.0. The Morgan fingerprint density at radius 2 is 1.83 bits per heavy atom. The number of rotatable bonds is 4. The normalized spacial score (nSPS) is 22.1. The summed E-state index contributed by atoms with van der Waals surface area (Å²) in [6.07, 6.45) is 5.14. The molecule has 3 heterocycles. The van der Waals surface area contributed by atoms with Crippen molar-refractivity contribution < 1.29 is 8.78 Å². The van der Waals surface area contributed by atoms with Gasteiger partial charge in [-0.3, -0.25) is 0 Å². The van der Waals surface area contributed by atoms with Gasteiger partial charge >= 0.3 is 0 Å². The van der Waals surface area contributed by atoms with E-state index in [9.17, 15) is 8.78 Å². The maximum Gasteiger partial charge on any atom is 0.252 e. The Morgan fingerprint density at radius 1 is 1.06 bits per heavy atom. The fourth-order valence-corrected chi connectivity index (χ4v) is 6.09. The van der Waals surface area contributed by atoms with Gasteiger partial charge in [0.05, 0.1) is 28.1 Å². The van der Waals surface area contributed by atoms with E-state index in [1.54, 1.807) is 17.2 Å². The van der Waals surface area contributed by atoms with Crippen LogP contribution in [-0.2, 0) is 5.41 Å². The molecule has 35 heavy (non-hydrogen) atoms. The molecule has 0 aliphatic heterocycles. The minimum Gasteiger partial charge on any atom is -0.220 e. The molecule has 2 atom stereocenters. The first kappa shape index (κ1) is 21.9. The lowest BCUT2D eigenvalue weighted by Gasteiger charge is -2.37. The van der Waals surface area contributed by atoms with Crippen molar-refractivity contribution in [2.45, 2.75) is 57.8 Å². The van der Waals surface area contributed by atoms with E-state index in [2.05, 4.69) is 39.1 Å². The van der Waals surface area contributed by atoms with E-state index in [-0.39, 0.29) is 28.5 Å². The summed E-state index contributed by atoms with van der Waals surface area (Å²) < 4.78 is 30.6. The molecule has 2 aliphatic carbocycles. The summed E-state index contributed by atoms with van der Waals surface area (Å²) in [6.45, 7) is 8.49. The van der Waals surface area contributed by atoms with Crippen molar-refractivity contribution in [1.82, 2.24) is 34.9 Å². The van der Waals surface area contributed by atoms with Crippen LogP contribution < -0.4 is 0 Å². The van der Waals surface area contributed by atoms with E-state index < -0.39 is 17.0 Å². The van der Waals surface area contributed by atoms with Crippen LogP contribution in [-0.4, -0.2) is 34.9 Å². The van der Waals surface area contributed by atoms with E-state index in [0.29, 0.717) is 5.95 Å². The molecule has 0 spiro atoms. The minimum absolute atomic E-state index is 0.145. The molecule has 0 radical (unpaired) electrons. The quantitative estimate of drug-likeness (QED) is 0.409. The van der Waals surface area contributed by atoms with E-state index >= 15 is 0 Å². The number of hydrogen-bond donors (Lipinski definition) is 0. The molecule has 0 saturated heterocycles. The predicted molar refractivity (Wildman–Crippen MR) is 125 cm³/mol. The number of halogens is 2. The molecule has 1 fully saturated rings. The second kappa shape index (κ2) is 7.44. The standard InChI is InChI=1S/C26H25F2N7/c1-14(2)23-30-13-35(34-23)24-29-11-9-20(31-24)26-10-8-16(25(26,3)4)15-12-19(32-33-22(15)26)21-17(27)6-5-7-18(21)28/h5-7,9,11-14,16H,8,10H2,1-4H3/t16-,26-/m0/s1. The maximum atomic E-state index is 14.5. The highest BCUT2D eigenvalue weighted by Gasteiger charge is 2.65. The fraction of sp³-hybridized carbons (Fsp3) is 0.385. The molecule has 178 valence electrons. The number of benzene rings is 1. The van der Waals surface area contributed by atoms with Crippen molar-refractivity contribution in [3.63, 3.8) is 0 Å². The molecule has 2 aliphatic rings. The van der Waals surface area contributed by atoms with Gasteiger partial charge in [-0.15, -0.1) is 10.2 Å². The van der Waals surface area contributed by atoms with Gasteiger partial charge in [0.1, 0.15) is 18.0 Å². The largest absolute Gasteiger partial charge is 0.252 e. The van der Waals surface area contributed by atoms with Gasteiger partial charge in [0.2, 0.25) is 0 Å². The molecule has 0 N–H and O–H groups in total. The van der Waals surface area contributed by atoms with Crippen LogP contribution in [0.15, 0.2) is 42.9 Å². The number of fused-ring (bicyclic) bond motifs is 5. The van der Waals surface area contributed by atoms with Crippen molar-refractivity contribution in [3.8, 4) is 17.2 Å². The Kier molecular flexibility index (Phi) is 4.65. The number of hydrogen-bond acceptors (Lipinski definition) is 6. The molecule has 3 aromatic heterocycles. The highest BCUT2D eigenvalue weighted by atomic mass is 19.1.